The number of hydrogen-bond donors (Lipinski definition) is 0. The third-order valence-corrected chi connectivity index (χ3v) is 7.85. The van der Waals surface area contributed by atoms with Crippen molar-refractivity contribution in [2.75, 3.05) is 0 Å². The Morgan fingerprint density at radius 1 is 0.556 bits per heavy atom. The molecule has 4 bridgehead atoms. The van der Waals surface area contributed by atoms with Gasteiger partial charge in [-0.15, -0.1) is 0 Å². The van der Waals surface area contributed by atoms with Crippen LogP contribution in [0, 0.1) is 23.7 Å². The minimum absolute atomic E-state index is 0.744. The molecular weight excluding hydrogens is 324 g/mol. The van der Waals surface area contributed by atoms with Gasteiger partial charge in [0.1, 0.15) is 0 Å². The monoisotopic (exact) mass is 352 g/mol. The normalized spacial score (nSPS) is 35.4. The van der Waals surface area contributed by atoms with E-state index >= 15 is 0 Å². The van der Waals surface area contributed by atoms with Gasteiger partial charge in [0, 0.05) is 0 Å². The highest BCUT2D eigenvalue weighted by molar-refractivity contribution is 5.42. The summed E-state index contributed by atoms with van der Waals surface area (Å²) >= 11 is 0. The Labute approximate surface area is 163 Å². The maximum atomic E-state index is 2.49. The van der Waals surface area contributed by atoms with Crippen molar-refractivity contribution < 1.29 is 0 Å². The highest BCUT2D eigenvalue weighted by Gasteiger charge is 2.38. The molecule has 0 aliphatic heterocycles. The predicted molar refractivity (Wildman–Crippen MR) is 112 cm³/mol. The topological polar surface area (TPSA) is 0 Å². The molecule has 0 heterocycles. The van der Waals surface area contributed by atoms with Crippen molar-refractivity contribution in [1.82, 2.24) is 0 Å². The first-order chi connectivity index (χ1) is 13.3. The average Bonchev–Trinajstić information content (AvgIpc) is 3.50. The molecule has 0 spiro atoms. The molecule has 6 rings (SSSR count). The van der Waals surface area contributed by atoms with Crippen LogP contribution in [0.3, 0.4) is 0 Å². The zero-order valence-electron chi connectivity index (χ0n) is 15.9. The van der Waals surface area contributed by atoms with Crippen molar-refractivity contribution in [1.29, 1.82) is 0 Å². The summed E-state index contributed by atoms with van der Waals surface area (Å²) in [5.41, 5.74) is 6.37. The van der Waals surface area contributed by atoms with Crippen LogP contribution in [0.15, 0.2) is 72.8 Å². The van der Waals surface area contributed by atoms with Gasteiger partial charge in [-0.1, -0.05) is 72.8 Å². The molecule has 2 saturated carbocycles. The number of rotatable bonds is 4. The highest BCUT2D eigenvalue weighted by atomic mass is 14.4. The lowest BCUT2D eigenvalue weighted by atomic mass is 9.80. The van der Waals surface area contributed by atoms with E-state index in [1.165, 1.54) is 25.7 Å². The largest absolute Gasteiger partial charge is 0.0851 e. The second kappa shape index (κ2) is 6.23. The van der Waals surface area contributed by atoms with Gasteiger partial charge in [-0.25, -0.2) is 0 Å². The van der Waals surface area contributed by atoms with Gasteiger partial charge in [-0.2, -0.15) is 0 Å². The quantitative estimate of drug-likeness (QED) is 0.541. The van der Waals surface area contributed by atoms with Gasteiger partial charge >= 0.3 is 0 Å². The molecule has 4 aliphatic rings. The van der Waals surface area contributed by atoms with E-state index in [9.17, 15) is 0 Å². The fraction of sp³-hybridized carbons (Fsp3) is 0.407. The van der Waals surface area contributed by atoms with Crippen molar-refractivity contribution in [2.45, 2.75) is 43.9 Å². The molecule has 2 fully saturated rings. The van der Waals surface area contributed by atoms with Crippen LogP contribution in [0.2, 0.25) is 0 Å². The van der Waals surface area contributed by atoms with Crippen LogP contribution in [0.4, 0.5) is 0 Å². The number of fused-ring (bicyclic) bond motifs is 4. The molecule has 4 aliphatic carbocycles. The summed E-state index contributed by atoms with van der Waals surface area (Å²) in [4.78, 5) is 0. The van der Waals surface area contributed by atoms with Gasteiger partial charge in [0.2, 0.25) is 0 Å². The van der Waals surface area contributed by atoms with Crippen LogP contribution in [-0.4, -0.2) is 0 Å². The summed E-state index contributed by atoms with van der Waals surface area (Å²) in [6.45, 7) is 0. The van der Waals surface area contributed by atoms with E-state index in [0.717, 1.165) is 41.9 Å². The van der Waals surface area contributed by atoms with Gasteiger partial charge in [0.25, 0.3) is 0 Å². The second-order valence-electron chi connectivity index (χ2n) is 9.35. The van der Waals surface area contributed by atoms with E-state index in [1.807, 2.05) is 0 Å². The zero-order chi connectivity index (χ0) is 17.8. The van der Waals surface area contributed by atoms with E-state index in [1.54, 1.807) is 22.3 Å². The molecule has 0 radical (unpaired) electrons. The Morgan fingerprint density at radius 2 is 1.04 bits per heavy atom. The third kappa shape index (κ3) is 2.64. The van der Waals surface area contributed by atoms with Gasteiger partial charge in [0.15, 0.2) is 0 Å². The molecule has 0 saturated heterocycles. The molecule has 0 aromatic heterocycles. The summed E-state index contributed by atoms with van der Waals surface area (Å²) in [7, 11) is 0. The number of hydrogen-bond acceptors (Lipinski definition) is 0. The van der Waals surface area contributed by atoms with E-state index in [0.29, 0.717) is 0 Å². The maximum Gasteiger partial charge on any atom is -0.00201 e. The van der Waals surface area contributed by atoms with Crippen LogP contribution in [0.1, 0.15) is 59.8 Å². The molecular formula is C27H28. The Kier molecular flexibility index (Phi) is 3.67. The Morgan fingerprint density at radius 3 is 1.44 bits per heavy atom. The molecule has 136 valence electrons. The number of allylic oxidation sites excluding steroid dienone is 4. The van der Waals surface area contributed by atoms with Crippen molar-refractivity contribution in [3.05, 3.63) is 95.1 Å². The number of benzene rings is 2. The first-order valence-electron chi connectivity index (χ1n) is 10.9. The van der Waals surface area contributed by atoms with E-state index in [2.05, 4.69) is 72.8 Å². The minimum atomic E-state index is 0.744. The zero-order valence-corrected chi connectivity index (χ0v) is 15.9. The smallest absolute Gasteiger partial charge is 0.00201 e. The Balaban J connectivity index is 1.33. The first-order valence-corrected chi connectivity index (χ1v) is 10.9. The average molecular weight is 353 g/mol. The summed E-state index contributed by atoms with van der Waals surface area (Å²) in [6.07, 6.45) is 16.5. The molecule has 2 aromatic carbocycles. The molecule has 2 aromatic rings. The SMILES string of the molecule is C1=CC2CC1CC2c1ccccc1Cc1ccccc1C1CC2C=CC1C2. The lowest BCUT2D eigenvalue weighted by Crippen LogP contribution is -2.11. The summed E-state index contributed by atoms with van der Waals surface area (Å²) in [5.74, 6) is 4.72. The van der Waals surface area contributed by atoms with E-state index in [4.69, 9.17) is 0 Å². The van der Waals surface area contributed by atoms with Gasteiger partial charge < -0.3 is 0 Å². The molecule has 6 unspecified atom stereocenters. The van der Waals surface area contributed by atoms with Gasteiger partial charge in [-0.05, 0) is 89.9 Å². The molecule has 0 nitrogen and oxygen atoms in total. The third-order valence-electron chi connectivity index (χ3n) is 7.85. The fourth-order valence-corrected chi connectivity index (χ4v) is 6.60. The van der Waals surface area contributed by atoms with Crippen molar-refractivity contribution >= 4 is 0 Å². The molecule has 0 heteroatoms. The lowest BCUT2D eigenvalue weighted by Gasteiger charge is -2.24. The fourth-order valence-electron chi connectivity index (χ4n) is 6.60. The van der Waals surface area contributed by atoms with Crippen LogP contribution in [0.25, 0.3) is 0 Å². The van der Waals surface area contributed by atoms with Crippen molar-refractivity contribution in [2.24, 2.45) is 23.7 Å². The van der Waals surface area contributed by atoms with Crippen LogP contribution < -0.4 is 0 Å². The van der Waals surface area contributed by atoms with Crippen LogP contribution in [0.5, 0.6) is 0 Å². The summed E-state index contributed by atoms with van der Waals surface area (Å²) in [6, 6.07) is 18.6. The Hall–Kier alpha value is -2.08. The minimum Gasteiger partial charge on any atom is -0.0851 e. The highest BCUT2D eigenvalue weighted by Crippen LogP contribution is 2.51. The molecule has 0 N–H and O–H groups in total. The van der Waals surface area contributed by atoms with Crippen LogP contribution >= 0.6 is 0 Å². The van der Waals surface area contributed by atoms with Gasteiger partial charge in [0.05, 0.1) is 0 Å². The summed E-state index contributed by atoms with van der Waals surface area (Å²) < 4.78 is 0. The standard InChI is InChI=1S/C27H28/c1-3-7-24(26-15-18-9-11-22(26)13-18)20(5-1)17-21-6-2-4-8-25(21)27-16-19-10-12-23(27)14-19/h1-12,18-19,22-23,26-27H,13-17H2. The predicted octanol–water partition coefficient (Wildman–Crippen LogP) is 6.64. The van der Waals surface area contributed by atoms with Gasteiger partial charge in [-0.3, -0.25) is 0 Å². The van der Waals surface area contributed by atoms with Crippen molar-refractivity contribution in [3.8, 4) is 0 Å². The van der Waals surface area contributed by atoms with E-state index in [-0.39, 0.29) is 0 Å². The molecule has 27 heavy (non-hydrogen) atoms. The summed E-state index contributed by atoms with van der Waals surface area (Å²) in [5, 5.41) is 0. The van der Waals surface area contributed by atoms with Crippen LogP contribution in [-0.2, 0) is 6.42 Å². The Bertz CT molecular complexity index is 842. The first kappa shape index (κ1) is 15.9. The van der Waals surface area contributed by atoms with E-state index < -0.39 is 0 Å². The second-order valence-corrected chi connectivity index (χ2v) is 9.35. The molecule has 0 amide bonds. The van der Waals surface area contributed by atoms with Crippen molar-refractivity contribution in [3.63, 3.8) is 0 Å². The lowest BCUT2D eigenvalue weighted by molar-refractivity contribution is 0.576. The molecule has 6 atom stereocenters. The maximum absolute atomic E-state index is 2.49.